The van der Waals surface area contributed by atoms with E-state index in [0.29, 0.717) is 11.3 Å². The largest absolute Gasteiger partial charge is 0.490 e. The van der Waals surface area contributed by atoms with Crippen molar-refractivity contribution in [3.05, 3.63) is 58.6 Å². The third-order valence-corrected chi connectivity index (χ3v) is 4.47. The number of nitrogens with one attached hydrogen (secondary N) is 1. The van der Waals surface area contributed by atoms with Gasteiger partial charge in [-0.3, -0.25) is 15.0 Å². The van der Waals surface area contributed by atoms with E-state index in [0.717, 1.165) is 5.01 Å². The highest BCUT2D eigenvalue weighted by Gasteiger charge is 2.34. The Morgan fingerprint density at radius 2 is 1.97 bits per heavy atom. The number of carboxylic acids is 1. The average molecular weight is 431 g/mol. The molecule has 0 aliphatic carbocycles. The standard InChI is InChI=1S/C21H19ClN2O6/c1-3-29-17-11-13(10-16(22)18(17)30-12(2)21(27)28)9-15-19(25)23-24(20(15)26)14-7-5-4-6-8-14/h4-12H,3H2,1-2H3,(H,23,25)(H,27,28). The minimum atomic E-state index is -1.16. The van der Waals surface area contributed by atoms with E-state index >= 15 is 0 Å². The molecule has 2 aromatic carbocycles. The molecule has 1 fully saturated rings. The summed E-state index contributed by atoms with van der Waals surface area (Å²) >= 11 is 6.28. The van der Waals surface area contributed by atoms with Gasteiger partial charge in [0.1, 0.15) is 5.57 Å². The summed E-state index contributed by atoms with van der Waals surface area (Å²) in [7, 11) is 0. The van der Waals surface area contributed by atoms with Gasteiger partial charge in [-0.15, -0.1) is 0 Å². The predicted molar refractivity (Wildman–Crippen MR) is 110 cm³/mol. The van der Waals surface area contributed by atoms with Crippen LogP contribution in [-0.4, -0.2) is 35.6 Å². The molecule has 0 saturated carbocycles. The van der Waals surface area contributed by atoms with E-state index in [1.807, 2.05) is 0 Å². The fourth-order valence-electron chi connectivity index (χ4n) is 2.76. The second-order valence-corrected chi connectivity index (χ2v) is 6.74. The van der Waals surface area contributed by atoms with Crippen molar-refractivity contribution < 1.29 is 29.0 Å². The van der Waals surface area contributed by atoms with Crippen molar-refractivity contribution in [2.75, 3.05) is 11.6 Å². The monoisotopic (exact) mass is 430 g/mol. The molecule has 1 aliphatic rings. The molecule has 2 aromatic rings. The number of carboxylic acid groups (broad SMARTS) is 1. The lowest BCUT2D eigenvalue weighted by Crippen LogP contribution is -2.35. The van der Waals surface area contributed by atoms with Gasteiger partial charge in [-0.25, -0.2) is 9.80 Å². The molecule has 1 heterocycles. The summed E-state index contributed by atoms with van der Waals surface area (Å²) in [5.41, 5.74) is 3.39. The van der Waals surface area contributed by atoms with Crippen LogP contribution >= 0.6 is 11.6 Å². The van der Waals surface area contributed by atoms with Gasteiger partial charge in [-0.1, -0.05) is 29.8 Å². The van der Waals surface area contributed by atoms with Crippen LogP contribution in [0.1, 0.15) is 19.4 Å². The first-order valence-electron chi connectivity index (χ1n) is 9.09. The van der Waals surface area contributed by atoms with Crippen molar-refractivity contribution in [2.45, 2.75) is 20.0 Å². The molecule has 0 radical (unpaired) electrons. The van der Waals surface area contributed by atoms with Crippen LogP contribution in [0, 0.1) is 0 Å². The molecule has 1 aliphatic heterocycles. The molecule has 1 unspecified atom stereocenters. The molecule has 1 saturated heterocycles. The Balaban J connectivity index is 1.95. The Hall–Kier alpha value is -3.52. The lowest BCUT2D eigenvalue weighted by atomic mass is 10.1. The smallest absolute Gasteiger partial charge is 0.344 e. The Labute approximate surface area is 177 Å². The van der Waals surface area contributed by atoms with Crippen LogP contribution in [-0.2, 0) is 14.4 Å². The molecule has 3 rings (SSSR count). The Kier molecular flexibility index (Phi) is 6.27. The highest BCUT2D eigenvalue weighted by atomic mass is 35.5. The molecule has 9 heteroatoms. The number of para-hydroxylation sites is 1. The number of anilines is 1. The number of hydrogen-bond donors (Lipinski definition) is 2. The molecule has 2 amide bonds. The quantitative estimate of drug-likeness (QED) is 0.516. The second kappa shape index (κ2) is 8.87. The lowest BCUT2D eigenvalue weighted by Gasteiger charge is -2.16. The summed E-state index contributed by atoms with van der Waals surface area (Å²) in [5, 5.41) is 10.3. The van der Waals surface area contributed by atoms with Gasteiger partial charge in [-0.05, 0) is 49.8 Å². The van der Waals surface area contributed by atoms with E-state index in [4.69, 9.17) is 26.2 Å². The number of hydrogen-bond acceptors (Lipinski definition) is 5. The zero-order valence-corrected chi connectivity index (χ0v) is 17.0. The first-order chi connectivity index (χ1) is 14.3. The van der Waals surface area contributed by atoms with E-state index in [1.54, 1.807) is 37.3 Å². The van der Waals surface area contributed by atoms with Gasteiger partial charge in [0.05, 0.1) is 17.3 Å². The molecule has 0 aromatic heterocycles. The fraction of sp³-hybridized carbons (Fsp3) is 0.190. The van der Waals surface area contributed by atoms with Crippen molar-refractivity contribution in [1.82, 2.24) is 5.43 Å². The van der Waals surface area contributed by atoms with Gasteiger partial charge in [0.15, 0.2) is 17.6 Å². The summed E-state index contributed by atoms with van der Waals surface area (Å²) in [6.07, 6.45) is 0.242. The number of nitrogens with zero attached hydrogens (tertiary/aromatic N) is 1. The third-order valence-electron chi connectivity index (χ3n) is 4.19. The number of carbonyl (C=O) groups excluding carboxylic acids is 2. The van der Waals surface area contributed by atoms with Crippen molar-refractivity contribution in [3.63, 3.8) is 0 Å². The number of carbonyl (C=O) groups is 3. The van der Waals surface area contributed by atoms with E-state index in [1.165, 1.54) is 25.1 Å². The van der Waals surface area contributed by atoms with Crippen molar-refractivity contribution in [3.8, 4) is 11.5 Å². The number of hydrazine groups is 1. The molecule has 1 atom stereocenters. The van der Waals surface area contributed by atoms with Crippen molar-refractivity contribution >= 4 is 41.1 Å². The highest BCUT2D eigenvalue weighted by molar-refractivity contribution is 6.33. The highest BCUT2D eigenvalue weighted by Crippen LogP contribution is 2.38. The Morgan fingerprint density at radius 3 is 2.60 bits per heavy atom. The van der Waals surface area contributed by atoms with Gasteiger partial charge in [0, 0.05) is 0 Å². The number of amides is 2. The molecular formula is C21H19ClN2O6. The molecule has 156 valence electrons. The van der Waals surface area contributed by atoms with Gasteiger partial charge in [-0.2, -0.15) is 0 Å². The van der Waals surface area contributed by atoms with E-state index < -0.39 is 23.9 Å². The third kappa shape index (κ3) is 4.38. The van der Waals surface area contributed by atoms with Crippen LogP contribution in [0.2, 0.25) is 5.02 Å². The van der Waals surface area contributed by atoms with Crippen LogP contribution in [0.3, 0.4) is 0 Å². The average Bonchev–Trinajstić information content (AvgIpc) is 2.99. The number of rotatable bonds is 7. The van der Waals surface area contributed by atoms with Gasteiger partial charge in [0.2, 0.25) is 0 Å². The van der Waals surface area contributed by atoms with Gasteiger partial charge < -0.3 is 14.6 Å². The predicted octanol–water partition coefficient (Wildman–Crippen LogP) is 3.05. The second-order valence-electron chi connectivity index (χ2n) is 6.34. The topological polar surface area (TPSA) is 105 Å². The number of halogens is 1. The zero-order valence-electron chi connectivity index (χ0n) is 16.2. The maximum Gasteiger partial charge on any atom is 0.344 e. The minimum Gasteiger partial charge on any atom is -0.490 e. The van der Waals surface area contributed by atoms with Gasteiger partial charge >= 0.3 is 5.97 Å². The molecule has 8 nitrogen and oxygen atoms in total. The van der Waals surface area contributed by atoms with Crippen LogP contribution in [0.4, 0.5) is 5.69 Å². The summed E-state index contributed by atoms with van der Waals surface area (Å²) < 4.78 is 10.9. The Morgan fingerprint density at radius 1 is 1.27 bits per heavy atom. The van der Waals surface area contributed by atoms with Crippen molar-refractivity contribution in [1.29, 1.82) is 0 Å². The normalized spacial score (nSPS) is 15.8. The van der Waals surface area contributed by atoms with Crippen LogP contribution in [0.5, 0.6) is 11.5 Å². The molecule has 0 bridgehead atoms. The van der Waals surface area contributed by atoms with Crippen LogP contribution in [0.15, 0.2) is 48.0 Å². The summed E-state index contributed by atoms with van der Waals surface area (Å²) in [4.78, 5) is 36.2. The number of aliphatic carboxylic acids is 1. The van der Waals surface area contributed by atoms with E-state index in [-0.39, 0.29) is 28.7 Å². The maximum atomic E-state index is 12.7. The SMILES string of the molecule is CCOc1cc(C=C2C(=O)NN(c3ccccc3)C2=O)cc(Cl)c1OC(C)C(=O)O. The fourth-order valence-corrected chi connectivity index (χ4v) is 3.02. The first kappa shape index (κ1) is 21.2. The number of benzene rings is 2. The summed E-state index contributed by atoms with van der Waals surface area (Å²) in [6, 6.07) is 11.7. The van der Waals surface area contributed by atoms with E-state index in [9.17, 15) is 14.4 Å². The molecule has 2 N–H and O–H groups in total. The summed E-state index contributed by atoms with van der Waals surface area (Å²) in [6.45, 7) is 3.38. The van der Waals surface area contributed by atoms with Gasteiger partial charge in [0.25, 0.3) is 11.8 Å². The van der Waals surface area contributed by atoms with Crippen LogP contribution < -0.4 is 19.9 Å². The van der Waals surface area contributed by atoms with Crippen LogP contribution in [0.25, 0.3) is 6.08 Å². The molecule has 30 heavy (non-hydrogen) atoms. The van der Waals surface area contributed by atoms with Crippen molar-refractivity contribution in [2.24, 2.45) is 0 Å². The number of ether oxygens (including phenoxy) is 2. The minimum absolute atomic E-state index is 0.0729. The Bertz CT molecular complexity index is 1020. The maximum absolute atomic E-state index is 12.7. The summed E-state index contributed by atoms with van der Waals surface area (Å²) in [5.74, 6) is -1.95. The van der Waals surface area contributed by atoms with E-state index in [2.05, 4.69) is 5.43 Å². The zero-order chi connectivity index (χ0) is 21.8. The first-order valence-corrected chi connectivity index (χ1v) is 9.47. The lowest BCUT2D eigenvalue weighted by molar-refractivity contribution is -0.144. The molecule has 0 spiro atoms. The molecular weight excluding hydrogens is 412 g/mol.